The van der Waals surface area contributed by atoms with Crippen molar-refractivity contribution in [3.63, 3.8) is 0 Å². The van der Waals surface area contributed by atoms with E-state index in [4.69, 9.17) is 9.84 Å². The van der Waals surface area contributed by atoms with Crippen LogP contribution in [0.3, 0.4) is 0 Å². The fraction of sp³-hybridized carbons (Fsp3) is 0.643. The van der Waals surface area contributed by atoms with Gasteiger partial charge in [0, 0.05) is 27.2 Å². The van der Waals surface area contributed by atoms with Gasteiger partial charge in [-0.2, -0.15) is 5.26 Å². The number of rotatable bonds is 4. The molecule has 0 spiro atoms. The Labute approximate surface area is 127 Å². The molecule has 1 fully saturated rings. The second kappa shape index (κ2) is 6.77. The van der Waals surface area contributed by atoms with E-state index in [1.165, 1.54) is 11.6 Å². The molecule has 0 aromatic carbocycles. The van der Waals surface area contributed by atoms with Crippen molar-refractivity contribution < 1.29 is 9.84 Å². The first-order valence-corrected chi connectivity index (χ1v) is 7.18. The second-order valence-electron chi connectivity index (χ2n) is 5.32. The predicted octanol–water partition coefficient (Wildman–Crippen LogP) is -1.07. The third-order valence-electron chi connectivity index (χ3n) is 3.87. The molecule has 1 atom stereocenters. The number of aromatic nitrogens is 2. The standard InChI is InChI=1S/C14H20N4O4/c1-16-12(11(8-15)13(20)17(2)14(16)21)18-5-3-4-10(9-18)22-7-6-19/h10,19H,3-7,9H2,1-2H3. The second-order valence-corrected chi connectivity index (χ2v) is 5.32. The fourth-order valence-corrected chi connectivity index (χ4v) is 2.79. The number of anilines is 1. The quantitative estimate of drug-likeness (QED) is 0.760. The summed E-state index contributed by atoms with van der Waals surface area (Å²) in [4.78, 5) is 26.1. The molecule has 0 radical (unpaired) electrons. The van der Waals surface area contributed by atoms with Crippen molar-refractivity contribution >= 4 is 5.82 Å². The van der Waals surface area contributed by atoms with Gasteiger partial charge in [-0.15, -0.1) is 0 Å². The van der Waals surface area contributed by atoms with Crippen LogP contribution >= 0.6 is 0 Å². The van der Waals surface area contributed by atoms with Crippen LogP contribution in [0.1, 0.15) is 18.4 Å². The number of hydrogen-bond donors (Lipinski definition) is 1. The van der Waals surface area contributed by atoms with E-state index >= 15 is 0 Å². The van der Waals surface area contributed by atoms with Crippen LogP contribution in [0, 0.1) is 11.3 Å². The average molecular weight is 308 g/mol. The van der Waals surface area contributed by atoms with Crippen LogP contribution in [-0.2, 0) is 18.8 Å². The Bertz CT molecular complexity index is 701. The first-order chi connectivity index (χ1) is 10.5. The highest BCUT2D eigenvalue weighted by Crippen LogP contribution is 2.21. The minimum absolute atomic E-state index is 0.0348. The fourth-order valence-electron chi connectivity index (χ4n) is 2.79. The minimum atomic E-state index is -0.584. The van der Waals surface area contributed by atoms with Crippen LogP contribution in [0.25, 0.3) is 0 Å². The maximum Gasteiger partial charge on any atom is 0.332 e. The molecule has 2 rings (SSSR count). The lowest BCUT2D eigenvalue weighted by Crippen LogP contribution is -2.47. The molecule has 22 heavy (non-hydrogen) atoms. The van der Waals surface area contributed by atoms with Crippen molar-refractivity contribution in [3.8, 4) is 6.07 Å². The normalized spacial score (nSPS) is 18.3. The van der Waals surface area contributed by atoms with E-state index in [0.717, 1.165) is 17.4 Å². The van der Waals surface area contributed by atoms with Gasteiger partial charge in [-0.05, 0) is 12.8 Å². The summed E-state index contributed by atoms with van der Waals surface area (Å²) in [6.45, 7) is 1.33. The summed E-state index contributed by atoms with van der Waals surface area (Å²) in [5.41, 5.74) is -1.08. The van der Waals surface area contributed by atoms with Crippen LogP contribution < -0.4 is 16.1 Å². The van der Waals surface area contributed by atoms with Crippen molar-refractivity contribution in [3.05, 3.63) is 26.4 Å². The van der Waals surface area contributed by atoms with Gasteiger partial charge in [0.1, 0.15) is 11.9 Å². The van der Waals surface area contributed by atoms with E-state index in [1.807, 2.05) is 11.0 Å². The van der Waals surface area contributed by atoms with Crippen LogP contribution in [0.5, 0.6) is 0 Å². The molecular formula is C14H20N4O4. The summed E-state index contributed by atoms with van der Waals surface area (Å²) in [6, 6.07) is 1.91. The zero-order valence-corrected chi connectivity index (χ0v) is 12.8. The van der Waals surface area contributed by atoms with Crippen LogP contribution in [0.2, 0.25) is 0 Å². The van der Waals surface area contributed by atoms with E-state index in [9.17, 15) is 14.9 Å². The largest absolute Gasteiger partial charge is 0.394 e. The molecule has 1 unspecified atom stereocenters. The number of nitriles is 1. The minimum Gasteiger partial charge on any atom is -0.394 e. The number of nitrogens with zero attached hydrogens (tertiary/aromatic N) is 4. The third kappa shape index (κ3) is 2.91. The van der Waals surface area contributed by atoms with Gasteiger partial charge in [0.15, 0.2) is 5.56 Å². The molecule has 0 bridgehead atoms. The molecular weight excluding hydrogens is 288 g/mol. The summed E-state index contributed by atoms with van der Waals surface area (Å²) in [6.07, 6.45) is 1.58. The molecule has 1 saturated heterocycles. The van der Waals surface area contributed by atoms with Gasteiger partial charge < -0.3 is 14.7 Å². The topological polar surface area (TPSA) is 100 Å². The van der Waals surface area contributed by atoms with Crippen LogP contribution in [-0.4, -0.2) is 46.6 Å². The van der Waals surface area contributed by atoms with Crippen molar-refractivity contribution in [1.29, 1.82) is 5.26 Å². The van der Waals surface area contributed by atoms with Gasteiger partial charge >= 0.3 is 5.69 Å². The monoisotopic (exact) mass is 308 g/mol. The summed E-state index contributed by atoms with van der Waals surface area (Å²) in [5.74, 6) is 0.341. The van der Waals surface area contributed by atoms with Gasteiger partial charge in [-0.3, -0.25) is 13.9 Å². The molecule has 120 valence electrons. The molecule has 1 aliphatic heterocycles. The Morgan fingerprint density at radius 2 is 2.09 bits per heavy atom. The van der Waals surface area contributed by atoms with Gasteiger partial charge in [-0.1, -0.05) is 0 Å². The number of ether oxygens (including phenoxy) is 1. The molecule has 0 amide bonds. The third-order valence-corrected chi connectivity index (χ3v) is 3.87. The summed E-state index contributed by atoms with van der Waals surface area (Å²) >= 11 is 0. The number of hydrogen-bond acceptors (Lipinski definition) is 6. The lowest BCUT2D eigenvalue weighted by Gasteiger charge is -2.35. The Morgan fingerprint density at radius 1 is 1.36 bits per heavy atom. The molecule has 1 aliphatic rings. The highest BCUT2D eigenvalue weighted by molar-refractivity contribution is 5.53. The molecule has 2 heterocycles. The zero-order valence-electron chi connectivity index (χ0n) is 12.8. The summed E-state index contributed by atoms with van der Waals surface area (Å²) in [7, 11) is 2.91. The average Bonchev–Trinajstić information content (AvgIpc) is 2.54. The number of aliphatic hydroxyl groups is 1. The summed E-state index contributed by atoms with van der Waals surface area (Å²) in [5, 5.41) is 18.1. The van der Waals surface area contributed by atoms with Gasteiger partial charge in [-0.25, -0.2) is 4.79 Å². The van der Waals surface area contributed by atoms with Crippen LogP contribution in [0.4, 0.5) is 5.82 Å². The molecule has 1 aromatic rings. The van der Waals surface area contributed by atoms with Gasteiger partial charge in [0.2, 0.25) is 0 Å². The molecule has 8 nitrogen and oxygen atoms in total. The van der Waals surface area contributed by atoms with Gasteiger partial charge in [0.25, 0.3) is 5.56 Å². The van der Waals surface area contributed by atoms with Gasteiger partial charge in [0.05, 0.1) is 19.3 Å². The van der Waals surface area contributed by atoms with E-state index < -0.39 is 11.2 Å². The number of aliphatic hydroxyl groups excluding tert-OH is 1. The Morgan fingerprint density at radius 3 is 2.73 bits per heavy atom. The smallest absolute Gasteiger partial charge is 0.332 e. The Balaban J connectivity index is 2.42. The van der Waals surface area contributed by atoms with Crippen molar-refractivity contribution in [2.75, 3.05) is 31.2 Å². The predicted molar refractivity (Wildman–Crippen MR) is 79.9 cm³/mol. The van der Waals surface area contributed by atoms with Crippen molar-refractivity contribution in [2.45, 2.75) is 18.9 Å². The summed E-state index contributed by atoms with van der Waals surface area (Å²) < 4.78 is 7.80. The molecule has 1 aromatic heterocycles. The SMILES string of the molecule is Cn1c(N2CCCC(OCCO)C2)c(C#N)c(=O)n(C)c1=O. The van der Waals surface area contributed by atoms with Crippen molar-refractivity contribution in [2.24, 2.45) is 14.1 Å². The van der Waals surface area contributed by atoms with E-state index in [1.54, 1.807) is 7.05 Å². The molecule has 0 saturated carbocycles. The molecule has 0 aliphatic carbocycles. The Hall–Kier alpha value is -2.11. The van der Waals surface area contributed by atoms with E-state index in [2.05, 4.69) is 0 Å². The maximum absolute atomic E-state index is 12.1. The highest BCUT2D eigenvalue weighted by Gasteiger charge is 2.26. The number of piperidine rings is 1. The molecule has 1 N–H and O–H groups in total. The van der Waals surface area contributed by atoms with E-state index in [0.29, 0.717) is 18.9 Å². The lowest BCUT2D eigenvalue weighted by molar-refractivity contribution is 0.0212. The Kier molecular flexibility index (Phi) is 5.00. The van der Waals surface area contributed by atoms with E-state index in [-0.39, 0.29) is 24.9 Å². The maximum atomic E-state index is 12.1. The van der Waals surface area contributed by atoms with Crippen LogP contribution in [0.15, 0.2) is 9.59 Å². The van der Waals surface area contributed by atoms with Crippen molar-refractivity contribution in [1.82, 2.24) is 9.13 Å². The molecule has 8 heteroatoms. The first-order valence-electron chi connectivity index (χ1n) is 7.18. The first kappa shape index (κ1) is 16.3. The highest BCUT2D eigenvalue weighted by atomic mass is 16.5. The zero-order chi connectivity index (χ0) is 16.3. The lowest BCUT2D eigenvalue weighted by atomic mass is 10.1.